The highest BCUT2D eigenvalue weighted by molar-refractivity contribution is 5.95. The number of fused-ring (bicyclic) bond motifs is 1. The Bertz CT molecular complexity index is 1210. The van der Waals surface area contributed by atoms with Gasteiger partial charge in [-0.3, -0.25) is 24.0 Å². The van der Waals surface area contributed by atoms with Gasteiger partial charge in [-0.2, -0.15) is 0 Å². The summed E-state index contributed by atoms with van der Waals surface area (Å²) < 4.78 is 15.5. The quantitative estimate of drug-likeness (QED) is 0.358. The second kappa shape index (κ2) is 13.4. The normalized spacial score (nSPS) is 18.1. The van der Waals surface area contributed by atoms with E-state index in [0.29, 0.717) is 12.8 Å². The maximum absolute atomic E-state index is 13.2. The lowest BCUT2D eigenvalue weighted by Gasteiger charge is -2.30. The molecule has 3 rings (SSSR count). The van der Waals surface area contributed by atoms with Crippen LogP contribution in [0.15, 0.2) is 42.5 Å². The van der Waals surface area contributed by atoms with Crippen LogP contribution >= 0.6 is 0 Å². The predicted octanol–water partition coefficient (Wildman–Crippen LogP) is 3.69. The summed E-state index contributed by atoms with van der Waals surface area (Å²) in [5.41, 5.74) is -0.0332. The molecular formula is C30H37NO8. The molecule has 2 aromatic carbocycles. The first-order chi connectivity index (χ1) is 18.5. The van der Waals surface area contributed by atoms with Crippen LogP contribution in [-0.2, 0) is 44.6 Å². The minimum atomic E-state index is -1.28. The molecule has 3 atom stereocenters. The van der Waals surface area contributed by atoms with Crippen molar-refractivity contribution in [2.45, 2.75) is 70.9 Å². The van der Waals surface area contributed by atoms with Crippen LogP contribution in [0.4, 0.5) is 0 Å². The standard InChI is InChI=1S/C30H37NO8/c1-30(2,3)39-27(34)17-24(31-28(35)22-14-7-8-15-23(22)29(36)37-4)25(32)18-38-26(33)16-20-12-9-11-19-10-5-6-13-21(19)20/h5-6,9-13,22-24H,7-8,14-18H2,1-4H3,(H,31,35). The Morgan fingerprint density at radius 2 is 1.59 bits per heavy atom. The molecule has 0 spiro atoms. The van der Waals surface area contributed by atoms with E-state index in [1.807, 2.05) is 42.5 Å². The number of ketones is 1. The van der Waals surface area contributed by atoms with E-state index in [2.05, 4.69) is 5.32 Å². The molecule has 0 radical (unpaired) electrons. The monoisotopic (exact) mass is 539 g/mol. The van der Waals surface area contributed by atoms with Crippen LogP contribution in [0.25, 0.3) is 10.8 Å². The number of methoxy groups -OCH3 is 1. The molecule has 1 aliphatic rings. The fourth-order valence-corrected chi connectivity index (χ4v) is 4.86. The second-order valence-corrected chi connectivity index (χ2v) is 10.8. The fourth-order valence-electron chi connectivity index (χ4n) is 4.86. The molecule has 1 aliphatic carbocycles. The first kappa shape index (κ1) is 29.8. The van der Waals surface area contributed by atoms with E-state index in [1.54, 1.807) is 20.8 Å². The van der Waals surface area contributed by atoms with Gasteiger partial charge >= 0.3 is 17.9 Å². The van der Waals surface area contributed by atoms with Crippen molar-refractivity contribution in [2.24, 2.45) is 11.8 Å². The molecule has 1 saturated carbocycles. The summed E-state index contributed by atoms with van der Waals surface area (Å²) in [5.74, 6) is -4.25. The Kier molecular flexibility index (Phi) is 10.2. The number of amides is 1. The SMILES string of the molecule is COC(=O)C1CCCCC1C(=O)NC(CC(=O)OC(C)(C)C)C(=O)COC(=O)Cc1cccc2ccccc12. The van der Waals surface area contributed by atoms with E-state index in [1.165, 1.54) is 7.11 Å². The Hall–Kier alpha value is -3.75. The van der Waals surface area contributed by atoms with Crippen LogP contribution in [0.1, 0.15) is 58.4 Å². The van der Waals surface area contributed by atoms with E-state index >= 15 is 0 Å². The fraction of sp³-hybridized carbons (Fsp3) is 0.500. The van der Waals surface area contributed by atoms with Gasteiger partial charge < -0.3 is 19.5 Å². The summed E-state index contributed by atoms with van der Waals surface area (Å²) in [7, 11) is 1.27. The predicted molar refractivity (Wildman–Crippen MR) is 143 cm³/mol. The third-order valence-electron chi connectivity index (χ3n) is 6.69. The molecule has 0 aromatic heterocycles. The van der Waals surface area contributed by atoms with Gasteiger partial charge in [0, 0.05) is 0 Å². The second-order valence-electron chi connectivity index (χ2n) is 10.8. The van der Waals surface area contributed by atoms with Gasteiger partial charge in [0.1, 0.15) is 11.6 Å². The highest BCUT2D eigenvalue weighted by Gasteiger charge is 2.38. The lowest BCUT2D eigenvalue weighted by atomic mass is 9.78. The van der Waals surface area contributed by atoms with Crippen molar-refractivity contribution in [3.05, 3.63) is 48.0 Å². The van der Waals surface area contributed by atoms with Gasteiger partial charge in [-0.1, -0.05) is 55.3 Å². The molecule has 0 bridgehead atoms. The zero-order valence-corrected chi connectivity index (χ0v) is 23.0. The van der Waals surface area contributed by atoms with Gasteiger partial charge in [0.05, 0.1) is 31.8 Å². The van der Waals surface area contributed by atoms with Crippen molar-refractivity contribution < 1.29 is 38.2 Å². The van der Waals surface area contributed by atoms with Crippen LogP contribution < -0.4 is 5.32 Å². The van der Waals surface area contributed by atoms with Gasteiger partial charge in [0.2, 0.25) is 5.91 Å². The topological polar surface area (TPSA) is 125 Å². The maximum atomic E-state index is 13.2. The Balaban J connectivity index is 1.68. The molecule has 1 amide bonds. The van der Waals surface area contributed by atoms with Crippen molar-refractivity contribution >= 4 is 40.4 Å². The zero-order chi connectivity index (χ0) is 28.6. The van der Waals surface area contributed by atoms with Gasteiger partial charge in [-0.25, -0.2) is 0 Å². The Labute approximate surface area is 228 Å². The van der Waals surface area contributed by atoms with Crippen molar-refractivity contribution in [2.75, 3.05) is 13.7 Å². The molecular weight excluding hydrogens is 502 g/mol. The van der Waals surface area contributed by atoms with Crippen LogP contribution in [0.3, 0.4) is 0 Å². The number of hydrogen-bond donors (Lipinski definition) is 1. The van der Waals surface area contributed by atoms with E-state index < -0.39 is 66.1 Å². The van der Waals surface area contributed by atoms with Crippen LogP contribution in [0, 0.1) is 11.8 Å². The highest BCUT2D eigenvalue weighted by Crippen LogP contribution is 2.31. The minimum Gasteiger partial charge on any atom is -0.469 e. The highest BCUT2D eigenvalue weighted by atomic mass is 16.6. The van der Waals surface area contributed by atoms with Crippen molar-refractivity contribution in [1.82, 2.24) is 5.32 Å². The third-order valence-corrected chi connectivity index (χ3v) is 6.69. The summed E-state index contributed by atoms with van der Waals surface area (Å²) >= 11 is 0. The van der Waals surface area contributed by atoms with Gasteiger partial charge in [0.25, 0.3) is 0 Å². The number of benzene rings is 2. The summed E-state index contributed by atoms with van der Waals surface area (Å²) in [6, 6.07) is 11.9. The average Bonchev–Trinajstić information content (AvgIpc) is 2.90. The number of nitrogens with one attached hydrogen (secondary N) is 1. The van der Waals surface area contributed by atoms with Crippen LogP contribution in [0.5, 0.6) is 0 Å². The number of Topliss-reactive ketones (excluding diaryl/α,β-unsaturated/α-hetero) is 1. The van der Waals surface area contributed by atoms with Crippen molar-refractivity contribution in [3.63, 3.8) is 0 Å². The van der Waals surface area contributed by atoms with E-state index in [0.717, 1.165) is 29.2 Å². The number of hydrogen-bond acceptors (Lipinski definition) is 8. The number of esters is 3. The minimum absolute atomic E-state index is 0.0411. The molecule has 2 aromatic rings. The molecule has 0 aliphatic heterocycles. The maximum Gasteiger partial charge on any atom is 0.310 e. The van der Waals surface area contributed by atoms with Crippen LogP contribution in [0.2, 0.25) is 0 Å². The molecule has 1 N–H and O–H groups in total. The molecule has 39 heavy (non-hydrogen) atoms. The van der Waals surface area contributed by atoms with Gasteiger partial charge in [-0.15, -0.1) is 0 Å². The number of rotatable bonds is 10. The zero-order valence-electron chi connectivity index (χ0n) is 23.0. The largest absolute Gasteiger partial charge is 0.469 e. The lowest BCUT2D eigenvalue weighted by molar-refractivity contribution is -0.158. The molecule has 9 heteroatoms. The summed E-state index contributed by atoms with van der Waals surface area (Å²) in [5, 5.41) is 4.51. The molecule has 3 unspecified atom stereocenters. The molecule has 0 saturated heterocycles. The number of ether oxygens (including phenoxy) is 3. The Morgan fingerprint density at radius 1 is 0.923 bits per heavy atom. The van der Waals surface area contributed by atoms with Crippen LogP contribution in [-0.4, -0.2) is 55.0 Å². The van der Waals surface area contributed by atoms with E-state index in [-0.39, 0.29) is 6.42 Å². The number of carbonyl (C=O) groups excluding carboxylic acids is 5. The molecule has 9 nitrogen and oxygen atoms in total. The van der Waals surface area contributed by atoms with E-state index in [9.17, 15) is 24.0 Å². The summed E-state index contributed by atoms with van der Waals surface area (Å²) in [4.78, 5) is 63.7. The molecule has 0 heterocycles. The molecule has 1 fully saturated rings. The lowest BCUT2D eigenvalue weighted by Crippen LogP contribution is -2.49. The molecule has 210 valence electrons. The summed E-state index contributed by atoms with van der Waals surface area (Å²) in [6.07, 6.45) is 2.03. The van der Waals surface area contributed by atoms with E-state index in [4.69, 9.17) is 14.2 Å². The van der Waals surface area contributed by atoms with Crippen molar-refractivity contribution in [1.29, 1.82) is 0 Å². The smallest absolute Gasteiger partial charge is 0.310 e. The third kappa shape index (κ3) is 8.63. The average molecular weight is 540 g/mol. The van der Waals surface area contributed by atoms with Gasteiger partial charge in [-0.05, 0) is 49.9 Å². The summed E-state index contributed by atoms with van der Waals surface area (Å²) in [6.45, 7) is 4.46. The van der Waals surface area contributed by atoms with Crippen molar-refractivity contribution in [3.8, 4) is 0 Å². The number of carbonyl (C=O) groups is 5. The first-order valence-corrected chi connectivity index (χ1v) is 13.2. The Morgan fingerprint density at radius 3 is 2.28 bits per heavy atom. The first-order valence-electron chi connectivity index (χ1n) is 13.2. The van der Waals surface area contributed by atoms with Gasteiger partial charge in [0.15, 0.2) is 12.4 Å².